The third-order valence-electron chi connectivity index (χ3n) is 2.17. The van der Waals surface area contributed by atoms with E-state index in [0.29, 0.717) is 0 Å². The van der Waals surface area contributed by atoms with Gasteiger partial charge in [-0.1, -0.05) is 0 Å². The first-order valence-electron chi connectivity index (χ1n) is 3.70. The zero-order valence-electron chi connectivity index (χ0n) is 6.76. The van der Waals surface area contributed by atoms with E-state index in [1.807, 2.05) is 0 Å². The maximum Gasteiger partial charge on any atom is 0.294 e. The molecule has 1 atom stereocenters. The third-order valence-corrected chi connectivity index (χ3v) is 3.89. The second-order valence-electron chi connectivity index (χ2n) is 3.22. The second kappa shape index (κ2) is 2.84. The van der Waals surface area contributed by atoms with Gasteiger partial charge in [-0.15, -0.1) is 0 Å². The van der Waals surface area contributed by atoms with Gasteiger partial charge in [-0.3, -0.25) is 0 Å². The van der Waals surface area contributed by atoms with Crippen LogP contribution in [0.2, 0.25) is 0 Å². The minimum Gasteiger partial charge on any atom is -0.325 e. The molecule has 7 heteroatoms. The molecule has 1 unspecified atom stereocenters. The Kier molecular flexibility index (Phi) is 2.36. The van der Waals surface area contributed by atoms with Gasteiger partial charge in [-0.05, 0) is 0 Å². The first-order valence-corrected chi connectivity index (χ1v) is 5.52. The summed E-state index contributed by atoms with van der Waals surface area (Å²) in [7, 11) is -3.66. The molecule has 0 radical (unpaired) electrons. The van der Waals surface area contributed by atoms with Gasteiger partial charge in [0.25, 0.3) is 5.92 Å². The molecule has 0 aliphatic carbocycles. The monoisotopic (exact) mass is 217 g/mol. The fourth-order valence-electron chi connectivity index (χ4n) is 1.28. The molecule has 1 aliphatic rings. The van der Waals surface area contributed by atoms with E-state index < -0.39 is 45.9 Å². The molecule has 3 nitrogen and oxygen atoms in total. The molecule has 1 saturated heterocycles. The Balaban J connectivity index is 2.93. The number of hydrogen-bond donors (Lipinski definition) is 1. The molecule has 0 aromatic heterocycles. The molecule has 2 N–H and O–H groups in total. The highest BCUT2D eigenvalue weighted by Gasteiger charge is 2.59. The minimum atomic E-state index is -3.75. The van der Waals surface area contributed by atoms with Crippen molar-refractivity contribution in [2.45, 2.75) is 18.0 Å². The summed E-state index contributed by atoms with van der Waals surface area (Å²) in [5, 5.41) is 0. The van der Waals surface area contributed by atoms with E-state index in [4.69, 9.17) is 0 Å². The van der Waals surface area contributed by atoms with Crippen molar-refractivity contribution in [2.24, 2.45) is 5.73 Å². The van der Waals surface area contributed by atoms with Crippen LogP contribution in [0.4, 0.5) is 13.2 Å². The average Bonchev–Trinajstić information content (AvgIpc) is 2.27. The molecule has 0 spiro atoms. The topological polar surface area (TPSA) is 60.2 Å². The van der Waals surface area contributed by atoms with Crippen LogP contribution in [-0.2, 0) is 9.84 Å². The van der Waals surface area contributed by atoms with E-state index in [0.717, 1.165) is 0 Å². The van der Waals surface area contributed by atoms with Crippen molar-refractivity contribution in [2.75, 3.05) is 18.1 Å². The number of sulfone groups is 1. The van der Waals surface area contributed by atoms with Gasteiger partial charge >= 0.3 is 0 Å². The van der Waals surface area contributed by atoms with E-state index in [9.17, 15) is 21.6 Å². The lowest BCUT2D eigenvalue weighted by atomic mass is 9.97. The second-order valence-corrected chi connectivity index (χ2v) is 5.40. The lowest BCUT2D eigenvalue weighted by Crippen LogP contribution is -2.50. The highest BCUT2D eigenvalue weighted by molar-refractivity contribution is 7.91. The molecule has 78 valence electrons. The van der Waals surface area contributed by atoms with E-state index in [-0.39, 0.29) is 0 Å². The Morgan fingerprint density at radius 2 is 2.00 bits per heavy atom. The SMILES string of the molecule is NCC(F)(F)C1(F)CCS(=O)(=O)C1. The van der Waals surface area contributed by atoms with E-state index in [1.165, 1.54) is 0 Å². The lowest BCUT2D eigenvalue weighted by molar-refractivity contribution is -0.116. The van der Waals surface area contributed by atoms with Crippen molar-refractivity contribution in [3.05, 3.63) is 0 Å². The number of hydrogen-bond acceptors (Lipinski definition) is 3. The number of halogens is 3. The Morgan fingerprint density at radius 1 is 1.46 bits per heavy atom. The molecule has 0 aromatic rings. The lowest BCUT2D eigenvalue weighted by Gasteiger charge is -2.27. The Morgan fingerprint density at radius 3 is 2.31 bits per heavy atom. The maximum atomic E-state index is 13.4. The summed E-state index contributed by atoms with van der Waals surface area (Å²) in [6.07, 6.45) is -0.667. The van der Waals surface area contributed by atoms with Crippen molar-refractivity contribution in [3.63, 3.8) is 0 Å². The summed E-state index contributed by atoms with van der Waals surface area (Å²) < 4.78 is 60.6. The van der Waals surface area contributed by atoms with Crippen LogP contribution < -0.4 is 5.73 Å². The Hall–Kier alpha value is -0.300. The van der Waals surface area contributed by atoms with E-state index in [2.05, 4.69) is 5.73 Å². The Bertz CT molecular complexity index is 303. The van der Waals surface area contributed by atoms with Crippen molar-refractivity contribution in [1.82, 2.24) is 0 Å². The summed E-state index contributed by atoms with van der Waals surface area (Å²) in [5.74, 6) is -5.40. The molecule has 1 rings (SSSR count). The van der Waals surface area contributed by atoms with Crippen LogP contribution in [0.25, 0.3) is 0 Å². The molecule has 1 aliphatic heterocycles. The first kappa shape index (κ1) is 10.8. The highest BCUT2D eigenvalue weighted by Crippen LogP contribution is 2.40. The van der Waals surface area contributed by atoms with Gasteiger partial charge in [-0.2, -0.15) is 0 Å². The van der Waals surface area contributed by atoms with Gasteiger partial charge in [0.05, 0.1) is 18.1 Å². The van der Waals surface area contributed by atoms with Gasteiger partial charge in [0.2, 0.25) is 0 Å². The number of rotatable bonds is 2. The molecule has 0 saturated carbocycles. The molecule has 0 amide bonds. The van der Waals surface area contributed by atoms with Crippen molar-refractivity contribution in [1.29, 1.82) is 0 Å². The molecular formula is C6H10F3NO2S. The number of alkyl halides is 3. The summed E-state index contributed by atoms with van der Waals surface area (Å²) in [6.45, 7) is -1.17. The van der Waals surface area contributed by atoms with Crippen LogP contribution in [0.3, 0.4) is 0 Å². The molecule has 1 fully saturated rings. The molecule has 1 heterocycles. The fraction of sp³-hybridized carbons (Fsp3) is 1.00. The predicted octanol–water partition coefficient (Wildman–Crippen LogP) is 0.107. The first-order chi connectivity index (χ1) is 5.72. The molecule has 0 bridgehead atoms. The zero-order valence-corrected chi connectivity index (χ0v) is 7.58. The summed E-state index contributed by atoms with van der Waals surface area (Å²) in [4.78, 5) is 0. The maximum absolute atomic E-state index is 13.4. The summed E-state index contributed by atoms with van der Waals surface area (Å²) in [6, 6.07) is 0. The highest BCUT2D eigenvalue weighted by atomic mass is 32.2. The largest absolute Gasteiger partial charge is 0.325 e. The van der Waals surface area contributed by atoms with Gasteiger partial charge in [0, 0.05) is 6.42 Å². The molecule has 13 heavy (non-hydrogen) atoms. The van der Waals surface area contributed by atoms with Gasteiger partial charge in [0.15, 0.2) is 15.5 Å². The van der Waals surface area contributed by atoms with E-state index in [1.54, 1.807) is 0 Å². The summed E-state index contributed by atoms with van der Waals surface area (Å²) in [5.41, 5.74) is 1.70. The van der Waals surface area contributed by atoms with Crippen LogP contribution in [0.5, 0.6) is 0 Å². The zero-order chi connectivity index (χ0) is 10.3. The normalized spacial score (nSPS) is 33.5. The van der Waals surface area contributed by atoms with Crippen LogP contribution in [0.1, 0.15) is 6.42 Å². The van der Waals surface area contributed by atoms with Gasteiger partial charge in [-0.25, -0.2) is 21.6 Å². The minimum absolute atomic E-state index is 0.529. The smallest absolute Gasteiger partial charge is 0.294 e. The quantitative estimate of drug-likeness (QED) is 0.714. The number of nitrogens with two attached hydrogens (primary N) is 1. The Labute approximate surface area is 74.0 Å². The van der Waals surface area contributed by atoms with Gasteiger partial charge < -0.3 is 5.73 Å². The standard InChI is InChI=1S/C6H10F3NO2S/c7-5(6(8,9)3-10)1-2-13(11,12)4-5/h1-4,10H2. The van der Waals surface area contributed by atoms with Gasteiger partial charge in [0.1, 0.15) is 0 Å². The van der Waals surface area contributed by atoms with E-state index >= 15 is 0 Å². The molecule has 0 aromatic carbocycles. The predicted molar refractivity (Wildman–Crippen MR) is 41.1 cm³/mol. The van der Waals surface area contributed by atoms with Crippen LogP contribution in [-0.4, -0.2) is 38.1 Å². The fourth-order valence-corrected chi connectivity index (χ4v) is 3.11. The van der Waals surface area contributed by atoms with Crippen molar-refractivity contribution in [3.8, 4) is 0 Å². The summed E-state index contributed by atoms with van der Waals surface area (Å²) >= 11 is 0. The third kappa shape index (κ3) is 1.80. The van der Waals surface area contributed by atoms with Crippen LogP contribution >= 0.6 is 0 Å². The van der Waals surface area contributed by atoms with Crippen LogP contribution in [0, 0.1) is 0 Å². The van der Waals surface area contributed by atoms with Crippen molar-refractivity contribution < 1.29 is 21.6 Å². The van der Waals surface area contributed by atoms with Crippen LogP contribution in [0.15, 0.2) is 0 Å². The van der Waals surface area contributed by atoms with Crippen molar-refractivity contribution >= 4 is 9.84 Å². The average molecular weight is 217 g/mol. The molecular weight excluding hydrogens is 207 g/mol.